The van der Waals surface area contributed by atoms with Gasteiger partial charge in [0.2, 0.25) is 5.91 Å². The van der Waals surface area contributed by atoms with Crippen molar-refractivity contribution in [1.82, 2.24) is 24.6 Å². The van der Waals surface area contributed by atoms with Crippen LogP contribution >= 0.6 is 0 Å². The van der Waals surface area contributed by atoms with Crippen LogP contribution < -0.4 is 4.74 Å². The Morgan fingerprint density at radius 2 is 1.87 bits per heavy atom. The standard InChI is InChI=1S/C24H29N5O2/c1-3-31-22-8-6-19(7-9-22)15-24(30)29-13-11-28(12-14-29)18-21-16-23(26-27(21)2)20-5-4-10-25-17-20/h4-10,16-17H,3,11-15,18H2,1-2H3. The summed E-state index contributed by atoms with van der Waals surface area (Å²) < 4.78 is 7.40. The van der Waals surface area contributed by atoms with E-state index in [-0.39, 0.29) is 5.91 Å². The van der Waals surface area contributed by atoms with Gasteiger partial charge in [0, 0.05) is 57.7 Å². The normalized spacial score (nSPS) is 14.6. The molecular formula is C24H29N5O2. The van der Waals surface area contributed by atoms with Gasteiger partial charge in [-0.2, -0.15) is 5.10 Å². The minimum atomic E-state index is 0.184. The molecule has 1 aromatic carbocycles. The molecule has 1 fully saturated rings. The molecule has 4 rings (SSSR count). The molecule has 3 aromatic rings. The van der Waals surface area contributed by atoms with Crippen LogP contribution in [0.5, 0.6) is 5.75 Å². The average molecular weight is 420 g/mol. The largest absolute Gasteiger partial charge is 0.494 e. The second-order valence-electron chi connectivity index (χ2n) is 7.80. The molecule has 7 heteroatoms. The van der Waals surface area contributed by atoms with E-state index in [1.165, 1.54) is 0 Å². The molecule has 162 valence electrons. The van der Waals surface area contributed by atoms with E-state index in [9.17, 15) is 4.79 Å². The molecule has 0 N–H and O–H groups in total. The number of carbonyl (C=O) groups excluding carboxylic acids is 1. The molecule has 1 aliphatic heterocycles. The molecule has 3 heterocycles. The van der Waals surface area contributed by atoms with Crippen molar-refractivity contribution < 1.29 is 9.53 Å². The number of ether oxygens (including phenoxy) is 1. The summed E-state index contributed by atoms with van der Waals surface area (Å²) in [6.45, 7) is 6.67. The summed E-state index contributed by atoms with van der Waals surface area (Å²) in [7, 11) is 1.98. The van der Waals surface area contributed by atoms with E-state index in [1.54, 1.807) is 6.20 Å². The van der Waals surface area contributed by atoms with Crippen molar-refractivity contribution in [2.45, 2.75) is 19.9 Å². The van der Waals surface area contributed by atoms with E-state index < -0.39 is 0 Å². The second-order valence-corrected chi connectivity index (χ2v) is 7.80. The number of rotatable bonds is 7. The summed E-state index contributed by atoms with van der Waals surface area (Å²) >= 11 is 0. The molecule has 1 aliphatic rings. The molecule has 0 atom stereocenters. The first-order chi connectivity index (χ1) is 15.1. The number of aromatic nitrogens is 3. The van der Waals surface area contributed by atoms with E-state index in [2.05, 4.69) is 21.0 Å². The van der Waals surface area contributed by atoms with Gasteiger partial charge in [0.25, 0.3) is 0 Å². The van der Waals surface area contributed by atoms with Gasteiger partial charge >= 0.3 is 0 Å². The molecule has 7 nitrogen and oxygen atoms in total. The van der Waals surface area contributed by atoms with Gasteiger partial charge in [0.05, 0.1) is 24.4 Å². The number of benzene rings is 1. The molecule has 1 amide bonds. The van der Waals surface area contributed by atoms with Crippen molar-refractivity contribution in [3.05, 3.63) is 66.1 Å². The number of hydrogen-bond acceptors (Lipinski definition) is 5. The number of carbonyl (C=O) groups is 1. The van der Waals surface area contributed by atoms with E-state index in [0.29, 0.717) is 13.0 Å². The first-order valence-electron chi connectivity index (χ1n) is 10.8. The van der Waals surface area contributed by atoms with E-state index in [0.717, 1.165) is 61.0 Å². The van der Waals surface area contributed by atoms with Gasteiger partial charge in [-0.15, -0.1) is 0 Å². The number of piperazine rings is 1. The first kappa shape index (κ1) is 21.1. The maximum atomic E-state index is 12.7. The van der Waals surface area contributed by atoms with E-state index in [1.807, 2.05) is 66.1 Å². The predicted octanol–water partition coefficient (Wildman–Crippen LogP) is 2.77. The molecule has 0 bridgehead atoms. The number of hydrogen-bond donors (Lipinski definition) is 0. The summed E-state index contributed by atoms with van der Waals surface area (Å²) in [5.41, 5.74) is 4.14. The summed E-state index contributed by atoms with van der Waals surface area (Å²) in [4.78, 5) is 21.2. The zero-order chi connectivity index (χ0) is 21.6. The van der Waals surface area contributed by atoms with Crippen molar-refractivity contribution in [2.75, 3.05) is 32.8 Å². The lowest BCUT2D eigenvalue weighted by atomic mass is 10.1. The fraction of sp³-hybridized carbons (Fsp3) is 0.375. The molecule has 1 saturated heterocycles. The predicted molar refractivity (Wildman–Crippen MR) is 120 cm³/mol. The van der Waals surface area contributed by atoms with Crippen LogP contribution in [-0.2, 0) is 24.8 Å². The Labute approximate surface area is 183 Å². The highest BCUT2D eigenvalue weighted by molar-refractivity contribution is 5.79. The lowest BCUT2D eigenvalue weighted by Gasteiger charge is -2.34. The highest BCUT2D eigenvalue weighted by Crippen LogP contribution is 2.19. The quantitative estimate of drug-likeness (QED) is 0.589. The van der Waals surface area contributed by atoms with Crippen LogP contribution in [-0.4, -0.2) is 63.3 Å². The Kier molecular flexibility index (Phi) is 6.62. The zero-order valence-electron chi connectivity index (χ0n) is 18.2. The van der Waals surface area contributed by atoms with Crippen LogP contribution in [0.3, 0.4) is 0 Å². The highest BCUT2D eigenvalue weighted by atomic mass is 16.5. The van der Waals surface area contributed by atoms with Crippen molar-refractivity contribution in [3.63, 3.8) is 0 Å². The van der Waals surface area contributed by atoms with Gasteiger partial charge in [-0.05, 0) is 42.8 Å². The Bertz CT molecular complexity index is 993. The molecule has 2 aromatic heterocycles. The zero-order valence-corrected chi connectivity index (χ0v) is 18.2. The molecule has 0 unspecified atom stereocenters. The Hall–Kier alpha value is -3.19. The number of nitrogens with zero attached hydrogens (tertiary/aromatic N) is 5. The van der Waals surface area contributed by atoms with Crippen LogP contribution in [0, 0.1) is 0 Å². The summed E-state index contributed by atoms with van der Waals surface area (Å²) in [6.07, 6.45) is 4.04. The lowest BCUT2D eigenvalue weighted by Crippen LogP contribution is -2.48. The maximum Gasteiger partial charge on any atom is 0.227 e. The molecule has 0 radical (unpaired) electrons. The number of amides is 1. The Morgan fingerprint density at radius 3 is 2.55 bits per heavy atom. The highest BCUT2D eigenvalue weighted by Gasteiger charge is 2.22. The fourth-order valence-electron chi connectivity index (χ4n) is 3.85. The Morgan fingerprint density at radius 1 is 1.10 bits per heavy atom. The van der Waals surface area contributed by atoms with Crippen molar-refractivity contribution in [1.29, 1.82) is 0 Å². The van der Waals surface area contributed by atoms with Gasteiger partial charge in [-0.3, -0.25) is 19.4 Å². The molecule has 0 aliphatic carbocycles. The van der Waals surface area contributed by atoms with Gasteiger partial charge in [0.15, 0.2) is 0 Å². The van der Waals surface area contributed by atoms with Crippen LogP contribution in [0.25, 0.3) is 11.3 Å². The summed E-state index contributed by atoms with van der Waals surface area (Å²) in [5.74, 6) is 1.03. The van der Waals surface area contributed by atoms with Gasteiger partial charge in [0.1, 0.15) is 5.75 Å². The van der Waals surface area contributed by atoms with Gasteiger partial charge in [-0.1, -0.05) is 12.1 Å². The molecular weight excluding hydrogens is 390 g/mol. The molecule has 31 heavy (non-hydrogen) atoms. The number of pyridine rings is 1. The van der Waals surface area contributed by atoms with Gasteiger partial charge < -0.3 is 9.64 Å². The first-order valence-corrected chi connectivity index (χ1v) is 10.8. The maximum absolute atomic E-state index is 12.7. The number of aryl methyl sites for hydroxylation is 1. The summed E-state index contributed by atoms with van der Waals surface area (Å²) in [5, 5.41) is 4.63. The van der Waals surface area contributed by atoms with Crippen LogP contribution in [0.4, 0.5) is 0 Å². The van der Waals surface area contributed by atoms with E-state index >= 15 is 0 Å². The fourth-order valence-corrected chi connectivity index (χ4v) is 3.85. The monoisotopic (exact) mass is 419 g/mol. The minimum absolute atomic E-state index is 0.184. The van der Waals surface area contributed by atoms with Crippen molar-refractivity contribution >= 4 is 5.91 Å². The molecule has 0 spiro atoms. The van der Waals surface area contributed by atoms with Crippen LogP contribution in [0.2, 0.25) is 0 Å². The van der Waals surface area contributed by atoms with E-state index in [4.69, 9.17) is 4.74 Å². The van der Waals surface area contributed by atoms with Crippen LogP contribution in [0.15, 0.2) is 54.9 Å². The third kappa shape index (κ3) is 5.30. The summed E-state index contributed by atoms with van der Waals surface area (Å²) in [6, 6.07) is 13.9. The topological polar surface area (TPSA) is 63.5 Å². The van der Waals surface area contributed by atoms with Crippen molar-refractivity contribution in [2.24, 2.45) is 7.05 Å². The Balaban J connectivity index is 1.29. The van der Waals surface area contributed by atoms with Crippen LogP contribution in [0.1, 0.15) is 18.2 Å². The smallest absolute Gasteiger partial charge is 0.227 e. The SMILES string of the molecule is CCOc1ccc(CC(=O)N2CCN(Cc3cc(-c4cccnc4)nn3C)CC2)cc1. The van der Waals surface area contributed by atoms with Gasteiger partial charge in [-0.25, -0.2) is 0 Å². The second kappa shape index (κ2) is 9.75. The molecule has 0 saturated carbocycles. The van der Waals surface area contributed by atoms with Crippen molar-refractivity contribution in [3.8, 4) is 17.0 Å². The average Bonchev–Trinajstić information content (AvgIpc) is 3.16. The third-order valence-corrected chi connectivity index (χ3v) is 5.63. The third-order valence-electron chi connectivity index (χ3n) is 5.63. The minimum Gasteiger partial charge on any atom is -0.494 e. The lowest BCUT2D eigenvalue weighted by molar-refractivity contribution is -0.132.